The quantitative estimate of drug-likeness (QED) is 0.469. The molecule has 0 aliphatic heterocycles. The number of esters is 1. The molecule has 4 rings (SSSR count). The summed E-state index contributed by atoms with van der Waals surface area (Å²) >= 11 is 0. The molecular formula is C21H21N5O5. The van der Waals surface area contributed by atoms with Crippen molar-refractivity contribution in [3.63, 3.8) is 0 Å². The van der Waals surface area contributed by atoms with Gasteiger partial charge in [-0.15, -0.1) is 10.2 Å². The number of nitrogens with zero attached hydrogens (tertiary/aromatic N) is 4. The number of para-hydroxylation sites is 1. The Hall–Kier alpha value is -4.08. The maximum atomic E-state index is 12.6. The third kappa shape index (κ3) is 3.31. The minimum Gasteiger partial charge on any atom is -0.493 e. The van der Waals surface area contributed by atoms with Crippen LogP contribution in [0.25, 0.3) is 16.7 Å². The van der Waals surface area contributed by atoms with Crippen LogP contribution in [0.5, 0.6) is 11.5 Å². The van der Waals surface area contributed by atoms with Crippen molar-refractivity contribution in [2.75, 3.05) is 26.6 Å². The maximum absolute atomic E-state index is 12.6. The van der Waals surface area contributed by atoms with Gasteiger partial charge >= 0.3 is 5.97 Å². The Morgan fingerprint density at radius 1 is 1.06 bits per heavy atom. The third-order valence-electron chi connectivity index (χ3n) is 5.06. The van der Waals surface area contributed by atoms with E-state index in [4.69, 9.17) is 14.2 Å². The number of hydrogen-bond donors (Lipinski definition) is 1. The fraction of sp³-hybridized carbons (Fsp3) is 0.238. The van der Waals surface area contributed by atoms with Crippen LogP contribution in [-0.2, 0) is 18.3 Å². The van der Waals surface area contributed by atoms with E-state index in [2.05, 4.69) is 15.5 Å². The molecule has 10 nitrogen and oxygen atoms in total. The molecular weight excluding hydrogens is 402 g/mol. The third-order valence-corrected chi connectivity index (χ3v) is 5.06. The molecule has 10 heteroatoms. The number of benzene rings is 2. The molecule has 2 aromatic heterocycles. The number of hydrogen-bond acceptors (Lipinski definition) is 8. The molecule has 0 aliphatic rings. The Balaban J connectivity index is 1.80. The first kappa shape index (κ1) is 20.2. The first-order valence-electron chi connectivity index (χ1n) is 9.40. The summed E-state index contributed by atoms with van der Waals surface area (Å²) in [6.45, 7) is 0.225. The molecule has 2 heterocycles. The Labute approximate surface area is 177 Å². The molecule has 160 valence electrons. The summed E-state index contributed by atoms with van der Waals surface area (Å²) in [5.41, 5.74) is 1.31. The van der Waals surface area contributed by atoms with Crippen LogP contribution in [0.2, 0.25) is 0 Å². The number of ether oxygens (including phenoxy) is 3. The Morgan fingerprint density at radius 2 is 1.77 bits per heavy atom. The summed E-state index contributed by atoms with van der Waals surface area (Å²) in [5.74, 6) is 1.31. The summed E-state index contributed by atoms with van der Waals surface area (Å²) in [4.78, 5) is 24.9. The maximum Gasteiger partial charge on any atom is 0.340 e. The number of fused-ring (bicyclic) bond motifs is 3. The van der Waals surface area contributed by atoms with Gasteiger partial charge in [0, 0.05) is 19.2 Å². The number of carbonyl (C=O) groups is 1. The lowest BCUT2D eigenvalue weighted by Gasteiger charge is -2.15. The van der Waals surface area contributed by atoms with Crippen LogP contribution in [0.1, 0.15) is 16.2 Å². The van der Waals surface area contributed by atoms with Crippen molar-refractivity contribution in [2.24, 2.45) is 7.05 Å². The van der Waals surface area contributed by atoms with Crippen molar-refractivity contribution in [3.8, 4) is 11.5 Å². The van der Waals surface area contributed by atoms with Crippen LogP contribution >= 0.6 is 0 Å². The average Bonchev–Trinajstić information content (AvgIpc) is 3.24. The van der Waals surface area contributed by atoms with Crippen molar-refractivity contribution >= 4 is 28.3 Å². The molecule has 1 N–H and O–H groups in total. The van der Waals surface area contributed by atoms with Crippen LogP contribution in [0.4, 0.5) is 5.69 Å². The van der Waals surface area contributed by atoms with E-state index in [0.717, 1.165) is 0 Å². The monoisotopic (exact) mass is 423 g/mol. The predicted molar refractivity (Wildman–Crippen MR) is 114 cm³/mol. The summed E-state index contributed by atoms with van der Waals surface area (Å²) in [6.07, 6.45) is 0. The first-order chi connectivity index (χ1) is 15.0. The predicted octanol–water partition coefficient (Wildman–Crippen LogP) is 2.00. The van der Waals surface area contributed by atoms with Crippen LogP contribution in [-0.4, -0.2) is 46.5 Å². The largest absolute Gasteiger partial charge is 0.493 e. The lowest BCUT2D eigenvalue weighted by molar-refractivity contribution is 0.0601. The molecule has 0 aliphatic carbocycles. The molecule has 31 heavy (non-hydrogen) atoms. The molecule has 0 atom stereocenters. The Morgan fingerprint density at radius 3 is 2.48 bits per heavy atom. The van der Waals surface area contributed by atoms with E-state index >= 15 is 0 Å². The Kier molecular flexibility index (Phi) is 5.20. The Bertz CT molecular complexity index is 1360. The van der Waals surface area contributed by atoms with Gasteiger partial charge in [-0.1, -0.05) is 12.1 Å². The van der Waals surface area contributed by atoms with E-state index in [0.29, 0.717) is 39.7 Å². The second kappa shape index (κ2) is 7.98. The van der Waals surface area contributed by atoms with Crippen molar-refractivity contribution in [2.45, 2.75) is 6.54 Å². The lowest BCUT2D eigenvalue weighted by atomic mass is 10.1. The first-order valence-corrected chi connectivity index (χ1v) is 9.40. The van der Waals surface area contributed by atoms with Gasteiger partial charge in [0.05, 0.1) is 50.0 Å². The second-order valence-corrected chi connectivity index (χ2v) is 6.73. The second-order valence-electron chi connectivity index (χ2n) is 6.73. The zero-order valence-electron chi connectivity index (χ0n) is 17.5. The molecule has 0 fully saturated rings. The molecule has 4 aromatic rings. The summed E-state index contributed by atoms with van der Waals surface area (Å²) in [6, 6.07) is 10.5. The van der Waals surface area contributed by atoms with Crippen LogP contribution in [0.3, 0.4) is 0 Å². The van der Waals surface area contributed by atoms with E-state index < -0.39 is 5.97 Å². The van der Waals surface area contributed by atoms with Gasteiger partial charge in [0.1, 0.15) is 0 Å². The van der Waals surface area contributed by atoms with Crippen LogP contribution in [0.15, 0.2) is 41.2 Å². The van der Waals surface area contributed by atoms with E-state index in [-0.39, 0.29) is 17.7 Å². The van der Waals surface area contributed by atoms with Gasteiger partial charge in [0.15, 0.2) is 17.3 Å². The number of anilines is 1. The fourth-order valence-corrected chi connectivity index (χ4v) is 3.48. The number of aryl methyl sites for hydroxylation is 1. The van der Waals surface area contributed by atoms with Gasteiger partial charge < -0.3 is 19.5 Å². The number of nitrogens with one attached hydrogen (secondary N) is 1. The topological polar surface area (TPSA) is 109 Å². The van der Waals surface area contributed by atoms with E-state index in [1.54, 1.807) is 25.2 Å². The minimum absolute atomic E-state index is 0.150. The normalized spacial score (nSPS) is 11.0. The van der Waals surface area contributed by atoms with Gasteiger partial charge in [-0.05, 0) is 12.1 Å². The molecule has 0 saturated heterocycles. The van der Waals surface area contributed by atoms with Crippen molar-refractivity contribution in [3.05, 3.63) is 58.1 Å². The van der Waals surface area contributed by atoms with Crippen molar-refractivity contribution in [1.29, 1.82) is 0 Å². The molecule has 0 radical (unpaired) electrons. The zero-order chi connectivity index (χ0) is 22.1. The average molecular weight is 423 g/mol. The number of rotatable bonds is 6. The smallest absolute Gasteiger partial charge is 0.340 e. The highest BCUT2D eigenvalue weighted by Crippen LogP contribution is 2.34. The van der Waals surface area contributed by atoms with E-state index in [9.17, 15) is 9.59 Å². The molecule has 0 bridgehead atoms. The fourth-order valence-electron chi connectivity index (χ4n) is 3.48. The standard InChI is InChI=1S/C21H21N5O5/c1-25-19(27)12-7-5-6-8-15(12)26-18(23-24-21(25)26)11-22-14-10-17(30-3)16(29-2)9-13(14)20(28)31-4/h5-10,22H,11H2,1-4H3. The highest BCUT2D eigenvalue weighted by molar-refractivity contribution is 5.96. The molecule has 0 spiro atoms. The van der Waals surface area contributed by atoms with Crippen molar-refractivity contribution < 1.29 is 19.0 Å². The number of methoxy groups -OCH3 is 3. The van der Waals surface area contributed by atoms with Gasteiger partial charge in [-0.3, -0.25) is 13.8 Å². The van der Waals surface area contributed by atoms with Gasteiger partial charge in [0.25, 0.3) is 5.56 Å². The van der Waals surface area contributed by atoms with Gasteiger partial charge in [0.2, 0.25) is 5.78 Å². The molecule has 0 amide bonds. The van der Waals surface area contributed by atoms with Gasteiger partial charge in [-0.2, -0.15) is 0 Å². The van der Waals surface area contributed by atoms with Crippen LogP contribution in [0, 0.1) is 0 Å². The molecule has 0 saturated carbocycles. The summed E-state index contributed by atoms with van der Waals surface area (Å²) < 4.78 is 18.8. The molecule has 0 unspecified atom stereocenters. The van der Waals surface area contributed by atoms with Crippen LogP contribution < -0.4 is 20.3 Å². The highest BCUT2D eigenvalue weighted by Gasteiger charge is 2.19. The highest BCUT2D eigenvalue weighted by atomic mass is 16.5. The SMILES string of the molecule is COC(=O)c1cc(OC)c(OC)cc1NCc1nnc2n(C)c(=O)c3ccccc3n12. The van der Waals surface area contributed by atoms with E-state index in [1.165, 1.54) is 25.9 Å². The van der Waals surface area contributed by atoms with Gasteiger partial charge in [-0.25, -0.2) is 4.79 Å². The van der Waals surface area contributed by atoms with Crippen molar-refractivity contribution in [1.82, 2.24) is 19.2 Å². The number of carbonyl (C=O) groups excluding carboxylic acids is 1. The number of aromatic nitrogens is 4. The molecule has 2 aromatic carbocycles. The summed E-state index contributed by atoms with van der Waals surface area (Å²) in [7, 11) is 5.96. The summed E-state index contributed by atoms with van der Waals surface area (Å²) in [5, 5.41) is 12.2. The zero-order valence-corrected chi connectivity index (χ0v) is 17.5. The lowest BCUT2D eigenvalue weighted by Crippen LogP contribution is -2.20. The minimum atomic E-state index is -0.526. The van der Waals surface area contributed by atoms with E-state index in [1.807, 2.05) is 22.6 Å².